The zero-order valence-electron chi connectivity index (χ0n) is 14.2. The summed E-state index contributed by atoms with van der Waals surface area (Å²) in [6.45, 7) is 0. The van der Waals surface area contributed by atoms with E-state index in [4.69, 9.17) is 0 Å². The van der Waals surface area contributed by atoms with E-state index in [1.165, 1.54) is 23.9 Å². The molecule has 0 unspecified atom stereocenters. The van der Waals surface area contributed by atoms with Crippen LogP contribution in [-0.4, -0.2) is 29.2 Å². The Morgan fingerprint density at radius 2 is 1.67 bits per heavy atom. The van der Waals surface area contributed by atoms with Gasteiger partial charge in [0.05, 0.1) is 10.3 Å². The van der Waals surface area contributed by atoms with Crippen molar-refractivity contribution in [3.8, 4) is 5.69 Å². The molecule has 27 heavy (non-hydrogen) atoms. The number of rotatable bonds is 4. The van der Waals surface area contributed by atoms with Crippen molar-refractivity contribution in [1.82, 2.24) is 14.5 Å². The van der Waals surface area contributed by atoms with Crippen molar-refractivity contribution < 1.29 is 12.8 Å². The monoisotopic (exact) mass is 399 g/mol. The standard InChI is InChI=1S/C19H14FN3O2S2/c1-26-19-21-17-16(11-12-23(17)14-9-7-13(20)8-10-14)18(22-19)27(24,25)15-5-3-2-4-6-15/h2-12H,1H3. The molecule has 0 radical (unpaired) electrons. The molecule has 2 aromatic heterocycles. The van der Waals surface area contributed by atoms with Gasteiger partial charge in [0.25, 0.3) is 0 Å². The third-order valence-electron chi connectivity index (χ3n) is 4.08. The highest BCUT2D eigenvalue weighted by Crippen LogP contribution is 2.30. The van der Waals surface area contributed by atoms with Crippen molar-refractivity contribution in [2.75, 3.05) is 6.26 Å². The predicted molar refractivity (Wildman–Crippen MR) is 102 cm³/mol. The van der Waals surface area contributed by atoms with Gasteiger partial charge in [0.2, 0.25) is 9.84 Å². The molecule has 0 bridgehead atoms. The molecule has 0 atom stereocenters. The van der Waals surface area contributed by atoms with Crippen LogP contribution in [0.15, 0.2) is 81.9 Å². The first-order valence-electron chi connectivity index (χ1n) is 8.00. The Morgan fingerprint density at radius 1 is 0.963 bits per heavy atom. The highest BCUT2D eigenvalue weighted by atomic mass is 32.2. The van der Waals surface area contributed by atoms with Gasteiger partial charge in [0.1, 0.15) is 11.5 Å². The van der Waals surface area contributed by atoms with Crippen LogP contribution in [0.3, 0.4) is 0 Å². The zero-order chi connectivity index (χ0) is 19.0. The molecule has 0 spiro atoms. The Hall–Kier alpha value is -2.71. The van der Waals surface area contributed by atoms with E-state index in [0.29, 0.717) is 21.9 Å². The highest BCUT2D eigenvalue weighted by molar-refractivity contribution is 7.98. The van der Waals surface area contributed by atoms with Gasteiger partial charge in [0.15, 0.2) is 10.2 Å². The number of thioether (sulfide) groups is 1. The van der Waals surface area contributed by atoms with E-state index in [0.717, 1.165) is 0 Å². The van der Waals surface area contributed by atoms with Crippen LogP contribution >= 0.6 is 11.8 Å². The van der Waals surface area contributed by atoms with E-state index in [1.54, 1.807) is 65.6 Å². The lowest BCUT2D eigenvalue weighted by Gasteiger charge is -2.09. The summed E-state index contributed by atoms with van der Waals surface area (Å²) in [5.41, 5.74) is 1.13. The fraction of sp³-hybridized carbons (Fsp3) is 0.0526. The molecule has 2 aromatic carbocycles. The van der Waals surface area contributed by atoms with Gasteiger partial charge in [-0.25, -0.2) is 22.8 Å². The van der Waals surface area contributed by atoms with E-state index in [9.17, 15) is 12.8 Å². The number of nitrogens with zero attached hydrogens (tertiary/aromatic N) is 3. The van der Waals surface area contributed by atoms with Gasteiger partial charge in [-0.3, -0.25) is 0 Å². The van der Waals surface area contributed by atoms with Crippen molar-refractivity contribution in [1.29, 1.82) is 0 Å². The fourth-order valence-electron chi connectivity index (χ4n) is 2.79. The topological polar surface area (TPSA) is 64.8 Å². The molecule has 0 aliphatic heterocycles. The number of hydrogen-bond donors (Lipinski definition) is 0. The molecule has 0 fully saturated rings. The Kier molecular flexibility index (Phi) is 4.45. The van der Waals surface area contributed by atoms with Gasteiger partial charge in [-0.1, -0.05) is 30.0 Å². The molecule has 136 valence electrons. The molecule has 2 heterocycles. The Balaban J connectivity index is 1.99. The van der Waals surface area contributed by atoms with E-state index < -0.39 is 9.84 Å². The molecule has 0 aliphatic rings. The van der Waals surface area contributed by atoms with Crippen molar-refractivity contribution >= 4 is 32.6 Å². The van der Waals surface area contributed by atoms with E-state index in [1.807, 2.05) is 0 Å². The number of halogens is 1. The molecule has 5 nitrogen and oxygen atoms in total. The zero-order valence-corrected chi connectivity index (χ0v) is 15.8. The van der Waals surface area contributed by atoms with Gasteiger partial charge in [-0.15, -0.1) is 0 Å². The van der Waals surface area contributed by atoms with Gasteiger partial charge >= 0.3 is 0 Å². The normalized spacial score (nSPS) is 11.8. The number of benzene rings is 2. The summed E-state index contributed by atoms with van der Waals surface area (Å²) >= 11 is 1.26. The van der Waals surface area contributed by atoms with Gasteiger partial charge in [-0.2, -0.15) is 0 Å². The minimum Gasteiger partial charge on any atom is -0.301 e. The van der Waals surface area contributed by atoms with Crippen LogP contribution in [0.25, 0.3) is 16.7 Å². The van der Waals surface area contributed by atoms with Crippen LogP contribution in [0.2, 0.25) is 0 Å². The van der Waals surface area contributed by atoms with Crippen LogP contribution in [0.1, 0.15) is 0 Å². The number of sulfone groups is 1. The Morgan fingerprint density at radius 3 is 2.33 bits per heavy atom. The molecule has 0 aliphatic carbocycles. The molecule has 4 aromatic rings. The van der Waals surface area contributed by atoms with Gasteiger partial charge in [0, 0.05) is 11.9 Å². The minimum atomic E-state index is -3.81. The van der Waals surface area contributed by atoms with Crippen molar-refractivity contribution in [2.45, 2.75) is 15.1 Å². The number of hydrogen-bond acceptors (Lipinski definition) is 5. The van der Waals surface area contributed by atoms with Gasteiger partial charge in [-0.05, 0) is 48.7 Å². The molecule has 0 amide bonds. The number of aromatic nitrogens is 3. The summed E-state index contributed by atoms with van der Waals surface area (Å²) in [4.78, 5) is 8.93. The molecular formula is C19H14FN3O2S2. The largest absolute Gasteiger partial charge is 0.301 e. The Bertz CT molecular complexity index is 1220. The predicted octanol–water partition coefficient (Wildman–Crippen LogP) is 4.11. The lowest BCUT2D eigenvalue weighted by atomic mass is 10.3. The molecule has 4 rings (SSSR count). The third kappa shape index (κ3) is 3.11. The smallest absolute Gasteiger partial charge is 0.224 e. The van der Waals surface area contributed by atoms with E-state index in [2.05, 4.69) is 9.97 Å². The average molecular weight is 399 g/mol. The summed E-state index contributed by atoms with van der Waals surface area (Å²) in [7, 11) is -3.81. The second-order valence-corrected chi connectivity index (χ2v) is 8.37. The highest BCUT2D eigenvalue weighted by Gasteiger charge is 2.25. The quantitative estimate of drug-likeness (QED) is 0.293. The SMILES string of the molecule is CSc1nc(S(=O)(=O)c2ccccc2)c2ccn(-c3ccc(F)cc3)c2n1. The first-order chi connectivity index (χ1) is 13.0. The van der Waals surface area contributed by atoms with Crippen LogP contribution < -0.4 is 0 Å². The van der Waals surface area contributed by atoms with Crippen LogP contribution in [0.5, 0.6) is 0 Å². The van der Waals surface area contributed by atoms with Crippen LogP contribution in [-0.2, 0) is 9.84 Å². The van der Waals surface area contributed by atoms with Crippen LogP contribution in [0.4, 0.5) is 4.39 Å². The summed E-state index contributed by atoms with van der Waals surface area (Å²) in [5, 5.41) is 0.726. The summed E-state index contributed by atoms with van der Waals surface area (Å²) in [6, 6.07) is 15.8. The second-order valence-electron chi connectivity index (χ2n) is 5.73. The van der Waals surface area contributed by atoms with E-state index >= 15 is 0 Å². The van der Waals surface area contributed by atoms with Crippen molar-refractivity contribution in [2.24, 2.45) is 0 Å². The van der Waals surface area contributed by atoms with Crippen molar-refractivity contribution in [3.05, 3.63) is 72.7 Å². The maximum atomic E-state index is 13.3. The molecule has 8 heteroatoms. The molecule has 0 saturated carbocycles. The van der Waals surface area contributed by atoms with Crippen molar-refractivity contribution in [3.63, 3.8) is 0 Å². The van der Waals surface area contributed by atoms with E-state index in [-0.39, 0.29) is 15.7 Å². The number of fused-ring (bicyclic) bond motifs is 1. The summed E-state index contributed by atoms with van der Waals surface area (Å²) in [6.07, 6.45) is 3.49. The van der Waals surface area contributed by atoms with Crippen LogP contribution in [0, 0.1) is 5.82 Å². The maximum absolute atomic E-state index is 13.3. The Labute approximate surface area is 159 Å². The lowest BCUT2D eigenvalue weighted by Crippen LogP contribution is -2.07. The molecular weight excluding hydrogens is 385 g/mol. The minimum absolute atomic E-state index is 0.0380. The average Bonchev–Trinajstić information content (AvgIpc) is 3.12. The molecule has 0 N–H and O–H groups in total. The van der Waals surface area contributed by atoms with Gasteiger partial charge < -0.3 is 4.57 Å². The maximum Gasteiger partial charge on any atom is 0.224 e. The summed E-state index contributed by atoms with van der Waals surface area (Å²) < 4.78 is 41.3. The fourth-order valence-corrected chi connectivity index (χ4v) is 4.60. The lowest BCUT2D eigenvalue weighted by molar-refractivity contribution is 0.591. The first kappa shape index (κ1) is 17.7. The first-order valence-corrected chi connectivity index (χ1v) is 10.7. The molecule has 0 saturated heterocycles. The second kappa shape index (κ2) is 6.79. The third-order valence-corrected chi connectivity index (χ3v) is 6.34. The summed E-state index contributed by atoms with van der Waals surface area (Å²) in [5.74, 6) is -0.345.